The minimum atomic E-state index is -0.851. The molecule has 0 saturated heterocycles. The fourth-order valence-electron chi connectivity index (χ4n) is 6.07. The van der Waals surface area contributed by atoms with Crippen molar-refractivity contribution in [3.63, 3.8) is 0 Å². The summed E-state index contributed by atoms with van der Waals surface area (Å²) in [6, 6.07) is 19.9. The van der Waals surface area contributed by atoms with Gasteiger partial charge in [0.2, 0.25) is 0 Å². The zero-order valence-electron chi connectivity index (χ0n) is 30.3. The van der Waals surface area contributed by atoms with Crippen LogP contribution in [0.15, 0.2) is 60.7 Å². The molecule has 0 aliphatic rings. The van der Waals surface area contributed by atoms with Crippen molar-refractivity contribution < 1.29 is 38.3 Å². The first kappa shape index (κ1) is 37.3. The molecule has 0 aliphatic carbocycles. The molecule has 0 aliphatic heterocycles. The van der Waals surface area contributed by atoms with Crippen LogP contribution in [0.25, 0.3) is 11.1 Å². The van der Waals surface area contributed by atoms with Crippen LogP contribution in [0.3, 0.4) is 0 Å². The van der Waals surface area contributed by atoms with E-state index in [1.165, 1.54) is 0 Å². The highest BCUT2D eigenvalue weighted by Crippen LogP contribution is 2.45. The number of aliphatic hydroxyl groups excluding tert-OH is 1. The third-order valence-corrected chi connectivity index (χ3v) is 8.37. The molecule has 1 unspecified atom stereocenters. The SMILES string of the molecule is CCCc1cc(OC)c(CC(O)c2ccc(OCC)c(OC)c2)c(-c2cc(CCC)cc(OC)c2OCc2ccc(OCC)c(OC)c2)c1. The lowest BCUT2D eigenvalue weighted by Gasteiger charge is -2.23. The summed E-state index contributed by atoms with van der Waals surface area (Å²) in [4.78, 5) is 0. The smallest absolute Gasteiger partial charge is 0.169 e. The molecule has 0 radical (unpaired) electrons. The standard InChI is InChI=1S/C41H52O8/c1-9-13-27-19-31(32(37(21-27)43-5)25-34(42)30-16-18-36(48-12-4)39(24-30)45-7)33-20-28(14-10-2)22-40(46-8)41(33)49-26-29-15-17-35(47-11-3)38(23-29)44-6/h15-24,34,42H,9-14,25-26H2,1-8H3. The molecule has 4 rings (SSSR count). The zero-order chi connectivity index (χ0) is 35.3. The van der Waals surface area contributed by atoms with Crippen molar-refractivity contribution in [2.45, 2.75) is 72.5 Å². The van der Waals surface area contributed by atoms with Crippen LogP contribution < -0.4 is 33.2 Å². The highest BCUT2D eigenvalue weighted by atomic mass is 16.5. The van der Waals surface area contributed by atoms with E-state index in [-0.39, 0.29) is 13.0 Å². The Kier molecular flexibility index (Phi) is 13.9. The minimum Gasteiger partial charge on any atom is -0.496 e. The first-order chi connectivity index (χ1) is 23.8. The summed E-state index contributed by atoms with van der Waals surface area (Å²) in [6.07, 6.45) is 3.12. The molecule has 8 nitrogen and oxygen atoms in total. The van der Waals surface area contributed by atoms with Gasteiger partial charge in [0.25, 0.3) is 0 Å². The third-order valence-electron chi connectivity index (χ3n) is 8.37. The Morgan fingerprint density at radius 2 is 1.06 bits per heavy atom. The maximum absolute atomic E-state index is 11.7. The molecular weight excluding hydrogens is 620 g/mol. The molecule has 1 atom stereocenters. The number of rotatable bonds is 19. The van der Waals surface area contributed by atoms with Gasteiger partial charge in [0, 0.05) is 17.5 Å². The number of hydrogen-bond donors (Lipinski definition) is 1. The van der Waals surface area contributed by atoms with E-state index in [1.807, 2.05) is 50.2 Å². The van der Waals surface area contributed by atoms with Crippen molar-refractivity contribution in [1.82, 2.24) is 0 Å². The Bertz CT molecular complexity index is 1660. The summed E-state index contributed by atoms with van der Waals surface area (Å²) in [5, 5.41) is 11.7. The number of benzene rings is 4. The van der Waals surface area contributed by atoms with Crippen molar-refractivity contribution in [2.75, 3.05) is 41.7 Å². The fourth-order valence-corrected chi connectivity index (χ4v) is 6.07. The van der Waals surface area contributed by atoms with Crippen molar-refractivity contribution in [2.24, 2.45) is 0 Å². The number of hydrogen-bond acceptors (Lipinski definition) is 8. The number of methoxy groups -OCH3 is 4. The van der Waals surface area contributed by atoms with Crippen LogP contribution >= 0.6 is 0 Å². The summed E-state index contributed by atoms with van der Waals surface area (Å²) < 4.78 is 41.3. The Morgan fingerprint density at radius 3 is 1.63 bits per heavy atom. The molecule has 0 spiro atoms. The van der Waals surface area contributed by atoms with E-state index in [9.17, 15) is 5.11 Å². The predicted molar refractivity (Wildman–Crippen MR) is 194 cm³/mol. The van der Waals surface area contributed by atoms with Crippen LogP contribution in [0.2, 0.25) is 0 Å². The van der Waals surface area contributed by atoms with Crippen molar-refractivity contribution in [3.05, 3.63) is 88.5 Å². The predicted octanol–water partition coefficient (Wildman–Crippen LogP) is 8.95. The van der Waals surface area contributed by atoms with Gasteiger partial charge in [-0.05, 0) is 97.0 Å². The van der Waals surface area contributed by atoms with Gasteiger partial charge in [0.1, 0.15) is 12.4 Å². The van der Waals surface area contributed by atoms with E-state index in [1.54, 1.807) is 28.4 Å². The summed E-state index contributed by atoms with van der Waals surface area (Å²) >= 11 is 0. The number of aryl methyl sites for hydroxylation is 2. The first-order valence-corrected chi connectivity index (χ1v) is 17.2. The normalized spacial score (nSPS) is 11.5. The van der Waals surface area contributed by atoms with Crippen LogP contribution in [0, 0.1) is 0 Å². The summed E-state index contributed by atoms with van der Waals surface area (Å²) in [5.41, 5.74) is 6.57. The molecule has 4 aromatic carbocycles. The number of ether oxygens (including phenoxy) is 7. The average molecular weight is 673 g/mol. The van der Waals surface area contributed by atoms with Crippen LogP contribution in [0.4, 0.5) is 0 Å². The molecule has 0 amide bonds. The van der Waals surface area contributed by atoms with Gasteiger partial charge in [0.05, 0.1) is 47.8 Å². The fraction of sp³-hybridized carbons (Fsp3) is 0.415. The van der Waals surface area contributed by atoms with E-state index in [4.69, 9.17) is 33.2 Å². The van der Waals surface area contributed by atoms with Crippen molar-refractivity contribution in [1.29, 1.82) is 0 Å². The van der Waals surface area contributed by atoms with Gasteiger partial charge in [-0.3, -0.25) is 0 Å². The maximum Gasteiger partial charge on any atom is 0.169 e. The van der Waals surface area contributed by atoms with E-state index in [0.29, 0.717) is 59.0 Å². The lowest BCUT2D eigenvalue weighted by Crippen LogP contribution is -2.08. The molecule has 4 aromatic rings. The van der Waals surface area contributed by atoms with Gasteiger partial charge < -0.3 is 38.3 Å². The first-order valence-electron chi connectivity index (χ1n) is 17.2. The summed E-state index contributed by atoms with van der Waals surface area (Å²) in [6.45, 7) is 9.52. The van der Waals surface area contributed by atoms with Gasteiger partial charge in [-0.1, -0.05) is 44.9 Å². The van der Waals surface area contributed by atoms with Gasteiger partial charge in [-0.2, -0.15) is 0 Å². The quantitative estimate of drug-likeness (QED) is 0.106. The second kappa shape index (κ2) is 18.3. The topological polar surface area (TPSA) is 84.8 Å². The monoisotopic (exact) mass is 672 g/mol. The van der Waals surface area contributed by atoms with Crippen LogP contribution in [0.1, 0.15) is 74.5 Å². The van der Waals surface area contributed by atoms with E-state index >= 15 is 0 Å². The zero-order valence-corrected chi connectivity index (χ0v) is 30.3. The van der Waals surface area contributed by atoms with Gasteiger partial charge in [0.15, 0.2) is 34.5 Å². The van der Waals surface area contributed by atoms with Gasteiger partial charge >= 0.3 is 0 Å². The van der Waals surface area contributed by atoms with Crippen LogP contribution in [-0.2, 0) is 25.9 Å². The summed E-state index contributed by atoms with van der Waals surface area (Å²) in [7, 11) is 6.57. The lowest BCUT2D eigenvalue weighted by atomic mass is 9.88. The highest BCUT2D eigenvalue weighted by Gasteiger charge is 2.24. The number of aliphatic hydroxyl groups is 1. The van der Waals surface area contributed by atoms with Gasteiger partial charge in [-0.15, -0.1) is 0 Å². The van der Waals surface area contributed by atoms with E-state index < -0.39 is 6.10 Å². The molecule has 0 aromatic heterocycles. The minimum absolute atomic E-state index is 0.273. The molecule has 0 fully saturated rings. The molecule has 264 valence electrons. The molecule has 1 N–H and O–H groups in total. The van der Waals surface area contributed by atoms with Crippen LogP contribution in [-0.4, -0.2) is 46.8 Å². The molecule has 8 heteroatoms. The lowest BCUT2D eigenvalue weighted by molar-refractivity contribution is 0.176. The van der Waals surface area contributed by atoms with Crippen molar-refractivity contribution >= 4 is 0 Å². The largest absolute Gasteiger partial charge is 0.496 e. The Hall–Kier alpha value is -4.56. The Balaban J connectivity index is 1.86. The van der Waals surface area contributed by atoms with E-state index in [0.717, 1.165) is 59.1 Å². The van der Waals surface area contributed by atoms with Crippen molar-refractivity contribution in [3.8, 4) is 51.4 Å². The second-order valence-electron chi connectivity index (χ2n) is 11.8. The highest BCUT2D eigenvalue weighted by molar-refractivity contribution is 5.79. The summed E-state index contributed by atoms with van der Waals surface area (Å²) in [5.74, 6) is 4.50. The molecule has 49 heavy (non-hydrogen) atoms. The van der Waals surface area contributed by atoms with Crippen LogP contribution in [0.5, 0.6) is 40.2 Å². The Morgan fingerprint density at radius 1 is 0.531 bits per heavy atom. The van der Waals surface area contributed by atoms with E-state index in [2.05, 4.69) is 38.1 Å². The molecule has 0 saturated carbocycles. The molecular formula is C41H52O8. The molecule has 0 bridgehead atoms. The molecule has 0 heterocycles. The van der Waals surface area contributed by atoms with Gasteiger partial charge in [-0.25, -0.2) is 0 Å². The Labute approximate surface area is 291 Å². The third kappa shape index (κ3) is 9.12. The average Bonchev–Trinajstić information content (AvgIpc) is 3.12. The maximum atomic E-state index is 11.7. The second-order valence-corrected chi connectivity index (χ2v) is 11.8.